The number of nitrogens with one attached hydrogen (secondary N) is 1. The molecule has 3 heteroatoms. The molecule has 0 saturated heterocycles. The van der Waals surface area contributed by atoms with E-state index >= 15 is 0 Å². The van der Waals surface area contributed by atoms with Crippen LogP contribution >= 0.6 is 0 Å². The van der Waals surface area contributed by atoms with E-state index in [0.29, 0.717) is 6.04 Å². The van der Waals surface area contributed by atoms with Crippen molar-refractivity contribution in [3.05, 3.63) is 29.3 Å². The predicted molar refractivity (Wildman–Crippen MR) is 70.3 cm³/mol. The fourth-order valence-electron chi connectivity index (χ4n) is 2.09. The lowest BCUT2D eigenvalue weighted by Crippen LogP contribution is -2.31. The number of hydrogen-bond donors (Lipinski definition) is 2. The lowest BCUT2D eigenvalue weighted by molar-refractivity contribution is 0.288. The summed E-state index contributed by atoms with van der Waals surface area (Å²) in [5.41, 5.74) is 8.67. The topological polar surface area (TPSA) is 47.3 Å². The standard InChI is InChI=1S/C14H22N2O/c1-10(2)16-9-13(15)11-5-6-14-12(8-11)4-3-7-17-14/h5-6,8,10,13,16H,3-4,7,9,15H2,1-2H3. The Morgan fingerprint density at radius 2 is 2.24 bits per heavy atom. The van der Waals surface area contributed by atoms with Gasteiger partial charge < -0.3 is 15.8 Å². The first kappa shape index (κ1) is 12.4. The minimum absolute atomic E-state index is 0.0598. The first-order valence-corrected chi connectivity index (χ1v) is 6.41. The third-order valence-corrected chi connectivity index (χ3v) is 3.11. The van der Waals surface area contributed by atoms with Crippen molar-refractivity contribution in [2.45, 2.75) is 38.8 Å². The molecule has 0 spiro atoms. The maximum Gasteiger partial charge on any atom is 0.122 e. The van der Waals surface area contributed by atoms with E-state index in [9.17, 15) is 0 Å². The Labute approximate surface area is 103 Å². The molecule has 1 atom stereocenters. The molecule has 1 unspecified atom stereocenters. The summed E-state index contributed by atoms with van der Waals surface area (Å²) >= 11 is 0. The molecule has 1 aliphatic rings. The number of hydrogen-bond acceptors (Lipinski definition) is 3. The van der Waals surface area contributed by atoms with Crippen LogP contribution < -0.4 is 15.8 Å². The molecule has 1 aliphatic heterocycles. The van der Waals surface area contributed by atoms with E-state index in [-0.39, 0.29) is 6.04 Å². The molecule has 1 aromatic carbocycles. The molecule has 2 rings (SSSR count). The van der Waals surface area contributed by atoms with Crippen LogP contribution in [0.1, 0.15) is 37.4 Å². The van der Waals surface area contributed by atoms with Crippen LogP contribution in [0.2, 0.25) is 0 Å². The lowest BCUT2D eigenvalue weighted by atomic mass is 9.99. The largest absolute Gasteiger partial charge is 0.493 e. The van der Waals surface area contributed by atoms with Gasteiger partial charge in [-0.25, -0.2) is 0 Å². The highest BCUT2D eigenvalue weighted by Gasteiger charge is 2.13. The predicted octanol–water partition coefficient (Wildman–Crippen LogP) is 2.01. The molecular formula is C14H22N2O. The third kappa shape index (κ3) is 3.20. The molecule has 0 bridgehead atoms. The highest BCUT2D eigenvalue weighted by Crippen LogP contribution is 2.27. The second-order valence-electron chi connectivity index (χ2n) is 4.99. The van der Waals surface area contributed by atoms with Crippen molar-refractivity contribution in [2.75, 3.05) is 13.2 Å². The van der Waals surface area contributed by atoms with Crippen LogP contribution in [0.5, 0.6) is 5.75 Å². The summed E-state index contributed by atoms with van der Waals surface area (Å²) in [4.78, 5) is 0. The van der Waals surface area contributed by atoms with E-state index in [1.165, 1.54) is 11.1 Å². The fraction of sp³-hybridized carbons (Fsp3) is 0.571. The lowest BCUT2D eigenvalue weighted by Gasteiger charge is -2.20. The zero-order valence-electron chi connectivity index (χ0n) is 10.7. The van der Waals surface area contributed by atoms with Crippen LogP contribution in [0.4, 0.5) is 0 Å². The SMILES string of the molecule is CC(C)NCC(N)c1ccc2c(c1)CCCO2. The molecular weight excluding hydrogens is 212 g/mol. The monoisotopic (exact) mass is 234 g/mol. The van der Waals surface area contributed by atoms with Crippen LogP contribution in [-0.4, -0.2) is 19.2 Å². The van der Waals surface area contributed by atoms with Gasteiger partial charge in [-0.3, -0.25) is 0 Å². The van der Waals surface area contributed by atoms with Crippen LogP contribution in [-0.2, 0) is 6.42 Å². The van der Waals surface area contributed by atoms with Gasteiger partial charge in [-0.2, -0.15) is 0 Å². The smallest absolute Gasteiger partial charge is 0.122 e. The van der Waals surface area contributed by atoms with Gasteiger partial charge in [0, 0.05) is 18.6 Å². The molecule has 3 nitrogen and oxygen atoms in total. The van der Waals surface area contributed by atoms with E-state index in [1.54, 1.807) is 0 Å². The summed E-state index contributed by atoms with van der Waals surface area (Å²) in [5, 5.41) is 3.37. The maximum atomic E-state index is 6.17. The van der Waals surface area contributed by atoms with Crippen molar-refractivity contribution >= 4 is 0 Å². The molecule has 94 valence electrons. The second kappa shape index (κ2) is 5.52. The molecule has 0 amide bonds. The zero-order valence-corrected chi connectivity index (χ0v) is 10.7. The summed E-state index contributed by atoms with van der Waals surface area (Å²) in [6, 6.07) is 6.86. The summed E-state index contributed by atoms with van der Waals surface area (Å²) < 4.78 is 5.60. The van der Waals surface area contributed by atoms with Gasteiger partial charge in [0.05, 0.1) is 6.61 Å². The Morgan fingerprint density at radius 3 is 3.00 bits per heavy atom. The Morgan fingerprint density at radius 1 is 1.41 bits per heavy atom. The van der Waals surface area contributed by atoms with E-state index in [4.69, 9.17) is 10.5 Å². The first-order chi connectivity index (χ1) is 8.16. The molecule has 17 heavy (non-hydrogen) atoms. The number of nitrogens with two attached hydrogens (primary N) is 1. The van der Waals surface area contributed by atoms with Gasteiger partial charge in [-0.1, -0.05) is 26.0 Å². The van der Waals surface area contributed by atoms with Crippen LogP contribution in [0.3, 0.4) is 0 Å². The zero-order chi connectivity index (χ0) is 12.3. The molecule has 0 radical (unpaired) electrons. The first-order valence-electron chi connectivity index (χ1n) is 6.41. The summed E-state index contributed by atoms with van der Waals surface area (Å²) in [6.07, 6.45) is 2.21. The number of aryl methyl sites for hydroxylation is 1. The molecule has 1 aromatic rings. The highest BCUT2D eigenvalue weighted by molar-refractivity contribution is 5.39. The minimum Gasteiger partial charge on any atom is -0.493 e. The summed E-state index contributed by atoms with van der Waals surface area (Å²) in [6.45, 7) is 5.92. The Kier molecular flexibility index (Phi) is 4.02. The fourth-order valence-corrected chi connectivity index (χ4v) is 2.09. The molecule has 0 aromatic heterocycles. The van der Waals surface area contributed by atoms with Gasteiger partial charge in [0.2, 0.25) is 0 Å². The Hall–Kier alpha value is -1.06. The maximum absolute atomic E-state index is 6.17. The molecule has 1 heterocycles. The highest BCUT2D eigenvalue weighted by atomic mass is 16.5. The van der Waals surface area contributed by atoms with Crippen LogP contribution in [0.15, 0.2) is 18.2 Å². The van der Waals surface area contributed by atoms with Gasteiger partial charge in [-0.05, 0) is 30.0 Å². The second-order valence-corrected chi connectivity index (χ2v) is 4.99. The summed E-state index contributed by atoms with van der Waals surface area (Å²) in [7, 11) is 0. The molecule has 0 fully saturated rings. The van der Waals surface area contributed by atoms with E-state index in [0.717, 1.165) is 31.7 Å². The number of benzene rings is 1. The third-order valence-electron chi connectivity index (χ3n) is 3.11. The molecule has 0 aliphatic carbocycles. The minimum atomic E-state index is 0.0598. The quantitative estimate of drug-likeness (QED) is 0.837. The van der Waals surface area contributed by atoms with Crippen molar-refractivity contribution in [1.29, 1.82) is 0 Å². The van der Waals surface area contributed by atoms with Crippen LogP contribution in [0.25, 0.3) is 0 Å². The number of ether oxygens (including phenoxy) is 1. The molecule has 0 saturated carbocycles. The van der Waals surface area contributed by atoms with Crippen molar-refractivity contribution in [3.63, 3.8) is 0 Å². The van der Waals surface area contributed by atoms with E-state index in [2.05, 4.69) is 37.4 Å². The van der Waals surface area contributed by atoms with Gasteiger partial charge in [-0.15, -0.1) is 0 Å². The normalized spacial score (nSPS) is 16.5. The Balaban J connectivity index is 2.05. The van der Waals surface area contributed by atoms with Crippen molar-refractivity contribution in [3.8, 4) is 5.75 Å². The average molecular weight is 234 g/mol. The Bertz CT molecular complexity index is 376. The van der Waals surface area contributed by atoms with Gasteiger partial charge in [0.1, 0.15) is 5.75 Å². The molecule has 3 N–H and O–H groups in total. The van der Waals surface area contributed by atoms with Crippen molar-refractivity contribution in [2.24, 2.45) is 5.73 Å². The van der Waals surface area contributed by atoms with Gasteiger partial charge in [0.25, 0.3) is 0 Å². The van der Waals surface area contributed by atoms with E-state index in [1.807, 2.05) is 0 Å². The van der Waals surface area contributed by atoms with E-state index < -0.39 is 0 Å². The summed E-state index contributed by atoms with van der Waals surface area (Å²) in [5.74, 6) is 1.03. The number of rotatable bonds is 4. The van der Waals surface area contributed by atoms with Gasteiger partial charge >= 0.3 is 0 Å². The van der Waals surface area contributed by atoms with Crippen molar-refractivity contribution < 1.29 is 4.74 Å². The average Bonchev–Trinajstić information content (AvgIpc) is 2.35. The van der Waals surface area contributed by atoms with Crippen molar-refractivity contribution in [1.82, 2.24) is 5.32 Å². The van der Waals surface area contributed by atoms with Crippen LogP contribution in [0, 0.1) is 0 Å². The van der Waals surface area contributed by atoms with Gasteiger partial charge in [0.15, 0.2) is 0 Å². The number of fused-ring (bicyclic) bond motifs is 1.